The Labute approximate surface area is 127 Å². The molecule has 0 radical (unpaired) electrons. The van der Waals surface area contributed by atoms with Crippen LogP contribution < -0.4 is 10.5 Å². The fourth-order valence-electron chi connectivity index (χ4n) is 3.31. The number of rotatable bonds is 4. The molecule has 1 fully saturated rings. The number of piperidine rings is 1. The molecule has 1 aliphatic heterocycles. The summed E-state index contributed by atoms with van der Waals surface area (Å²) in [6, 6.07) is 6.58. The Balaban J connectivity index is 2.49. The number of halogens is 1. The molecular weight excluding hydrogens is 272 g/mol. The molecule has 1 aliphatic rings. The molecule has 1 aromatic rings. The highest BCUT2D eigenvalue weighted by atomic mass is 35.5. The monoisotopic (exact) mass is 296 g/mol. The van der Waals surface area contributed by atoms with Crippen LogP contribution in [-0.2, 0) is 0 Å². The molecule has 2 N–H and O–H groups in total. The van der Waals surface area contributed by atoms with Crippen molar-refractivity contribution in [1.29, 1.82) is 0 Å². The van der Waals surface area contributed by atoms with Gasteiger partial charge in [-0.05, 0) is 57.8 Å². The lowest BCUT2D eigenvalue weighted by Crippen LogP contribution is -2.45. The molecule has 0 saturated carbocycles. The Kier molecular flexibility index (Phi) is 5.30. The predicted molar refractivity (Wildman–Crippen MR) is 84.4 cm³/mol. The lowest BCUT2D eigenvalue weighted by Gasteiger charge is -2.44. The summed E-state index contributed by atoms with van der Waals surface area (Å²) in [6.45, 7) is 6.24. The first-order valence-corrected chi connectivity index (χ1v) is 7.76. The highest BCUT2D eigenvalue weighted by molar-refractivity contribution is 6.31. The smallest absolute Gasteiger partial charge is 0.125 e. The molecule has 0 bridgehead atoms. The van der Waals surface area contributed by atoms with Crippen molar-refractivity contribution < 1.29 is 4.74 Å². The van der Waals surface area contributed by atoms with Crippen molar-refractivity contribution >= 4 is 11.6 Å². The van der Waals surface area contributed by atoms with Crippen molar-refractivity contribution in [2.75, 3.05) is 20.2 Å². The summed E-state index contributed by atoms with van der Waals surface area (Å²) >= 11 is 6.49. The maximum Gasteiger partial charge on any atom is 0.125 e. The average molecular weight is 297 g/mol. The van der Waals surface area contributed by atoms with Crippen LogP contribution in [0.15, 0.2) is 18.2 Å². The Bertz CT molecular complexity index is 450. The average Bonchev–Trinajstić information content (AvgIpc) is 2.46. The van der Waals surface area contributed by atoms with Crippen LogP contribution in [0.2, 0.25) is 5.02 Å². The maximum atomic E-state index is 6.49. The molecule has 112 valence electrons. The molecule has 20 heavy (non-hydrogen) atoms. The van der Waals surface area contributed by atoms with Gasteiger partial charge in [0.2, 0.25) is 0 Å². The van der Waals surface area contributed by atoms with Crippen LogP contribution in [-0.4, -0.2) is 31.1 Å². The molecule has 2 unspecified atom stereocenters. The van der Waals surface area contributed by atoms with Gasteiger partial charge in [0.05, 0.1) is 7.11 Å². The van der Waals surface area contributed by atoms with Gasteiger partial charge >= 0.3 is 0 Å². The van der Waals surface area contributed by atoms with Gasteiger partial charge in [-0.25, -0.2) is 0 Å². The third kappa shape index (κ3) is 2.95. The number of hydrogen-bond acceptors (Lipinski definition) is 3. The molecule has 1 saturated heterocycles. The summed E-state index contributed by atoms with van der Waals surface area (Å²) in [5, 5.41) is 0.778. The molecule has 0 aromatic heterocycles. The summed E-state index contributed by atoms with van der Waals surface area (Å²) in [6.07, 6.45) is 2.35. The Morgan fingerprint density at radius 2 is 2.20 bits per heavy atom. The highest BCUT2D eigenvalue weighted by Gasteiger charge is 2.36. The van der Waals surface area contributed by atoms with E-state index >= 15 is 0 Å². The number of ether oxygens (including phenoxy) is 1. The number of methoxy groups -OCH3 is 1. The van der Waals surface area contributed by atoms with E-state index in [1.165, 1.54) is 6.42 Å². The number of likely N-dealkylation sites (tertiary alicyclic amines) is 1. The van der Waals surface area contributed by atoms with Gasteiger partial charge in [-0.3, -0.25) is 4.90 Å². The summed E-state index contributed by atoms with van der Waals surface area (Å²) in [4.78, 5) is 2.50. The second kappa shape index (κ2) is 6.79. The first-order chi connectivity index (χ1) is 9.60. The molecule has 3 nitrogen and oxygen atoms in total. The zero-order valence-electron chi connectivity index (χ0n) is 12.6. The van der Waals surface area contributed by atoms with E-state index in [9.17, 15) is 0 Å². The summed E-state index contributed by atoms with van der Waals surface area (Å²) in [7, 11) is 1.70. The third-order valence-corrected chi connectivity index (χ3v) is 4.62. The van der Waals surface area contributed by atoms with Gasteiger partial charge in [0.25, 0.3) is 0 Å². The van der Waals surface area contributed by atoms with Crippen LogP contribution in [0, 0.1) is 5.92 Å². The van der Waals surface area contributed by atoms with E-state index in [1.807, 2.05) is 18.2 Å². The van der Waals surface area contributed by atoms with Crippen molar-refractivity contribution in [2.45, 2.75) is 38.8 Å². The van der Waals surface area contributed by atoms with E-state index in [0.29, 0.717) is 18.5 Å². The molecule has 0 aliphatic carbocycles. The van der Waals surface area contributed by atoms with E-state index in [0.717, 1.165) is 29.3 Å². The van der Waals surface area contributed by atoms with E-state index in [4.69, 9.17) is 22.1 Å². The van der Waals surface area contributed by atoms with Crippen molar-refractivity contribution in [1.82, 2.24) is 4.90 Å². The van der Waals surface area contributed by atoms with Gasteiger partial charge in [-0.2, -0.15) is 0 Å². The fourth-order valence-corrected chi connectivity index (χ4v) is 3.59. The van der Waals surface area contributed by atoms with E-state index in [-0.39, 0.29) is 6.04 Å². The maximum absolute atomic E-state index is 6.49. The molecule has 1 heterocycles. The van der Waals surface area contributed by atoms with Gasteiger partial charge in [0.1, 0.15) is 5.75 Å². The lowest BCUT2D eigenvalue weighted by molar-refractivity contribution is 0.0649. The molecule has 0 amide bonds. The topological polar surface area (TPSA) is 38.5 Å². The summed E-state index contributed by atoms with van der Waals surface area (Å²) < 4.78 is 5.55. The predicted octanol–water partition coefficient (Wildman–Crippen LogP) is 3.47. The van der Waals surface area contributed by atoms with Crippen LogP contribution in [0.4, 0.5) is 0 Å². The van der Waals surface area contributed by atoms with Crippen LogP contribution in [0.25, 0.3) is 0 Å². The van der Waals surface area contributed by atoms with Crippen LogP contribution in [0.1, 0.15) is 38.3 Å². The van der Waals surface area contributed by atoms with Crippen molar-refractivity contribution in [2.24, 2.45) is 11.7 Å². The standard InChI is InChI=1S/C16H25ClN2O/c1-11(2)19-9-5-6-12(10-18)16(19)15-13(17)7-4-8-14(15)20-3/h4,7-8,11-12,16H,5-6,9-10,18H2,1-3H3. The Hall–Kier alpha value is -0.770. The quantitative estimate of drug-likeness (QED) is 0.924. The normalized spacial score (nSPS) is 24.1. The third-order valence-electron chi connectivity index (χ3n) is 4.29. The summed E-state index contributed by atoms with van der Waals surface area (Å²) in [5.74, 6) is 1.30. The Morgan fingerprint density at radius 3 is 2.80 bits per heavy atom. The van der Waals surface area contributed by atoms with Gasteiger partial charge < -0.3 is 10.5 Å². The number of nitrogens with zero attached hydrogens (tertiary/aromatic N) is 1. The molecule has 2 rings (SSSR count). The molecular formula is C16H25ClN2O. The van der Waals surface area contributed by atoms with E-state index in [2.05, 4.69) is 18.7 Å². The van der Waals surface area contributed by atoms with Gasteiger partial charge in [0.15, 0.2) is 0 Å². The van der Waals surface area contributed by atoms with E-state index in [1.54, 1.807) is 7.11 Å². The second-order valence-electron chi connectivity index (χ2n) is 5.77. The largest absolute Gasteiger partial charge is 0.496 e. The van der Waals surface area contributed by atoms with Gasteiger partial charge in [-0.15, -0.1) is 0 Å². The first-order valence-electron chi connectivity index (χ1n) is 7.38. The molecule has 0 spiro atoms. The van der Waals surface area contributed by atoms with Gasteiger partial charge in [0, 0.05) is 22.7 Å². The zero-order chi connectivity index (χ0) is 14.7. The van der Waals surface area contributed by atoms with Crippen molar-refractivity contribution in [3.8, 4) is 5.75 Å². The lowest BCUT2D eigenvalue weighted by atomic mass is 9.83. The second-order valence-corrected chi connectivity index (χ2v) is 6.18. The Morgan fingerprint density at radius 1 is 1.45 bits per heavy atom. The minimum atomic E-state index is 0.248. The minimum absolute atomic E-state index is 0.248. The number of hydrogen-bond donors (Lipinski definition) is 1. The van der Waals surface area contributed by atoms with Crippen molar-refractivity contribution in [3.63, 3.8) is 0 Å². The number of nitrogens with two attached hydrogens (primary N) is 1. The fraction of sp³-hybridized carbons (Fsp3) is 0.625. The molecule has 1 aromatic carbocycles. The highest BCUT2D eigenvalue weighted by Crippen LogP contribution is 2.43. The zero-order valence-corrected chi connectivity index (χ0v) is 13.4. The molecule has 4 heteroatoms. The van der Waals surface area contributed by atoms with Crippen LogP contribution in [0.3, 0.4) is 0 Å². The van der Waals surface area contributed by atoms with Crippen LogP contribution >= 0.6 is 11.6 Å². The summed E-state index contributed by atoms with van der Waals surface area (Å²) in [5.41, 5.74) is 7.12. The SMILES string of the molecule is COc1cccc(Cl)c1C1C(CN)CCCN1C(C)C. The van der Waals surface area contributed by atoms with Gasteiger partial charge in [-0.1, -0.05) is 17.7 Å². The molecule has 2 atom stereocenters. The van der Waals surface area contributed by atoms with E-state index < -0.39 is 0 Å². The van der Waals surface area contributed by atoms with Crippen LogP contribution in [0.5, 0.6) is 5.75 Å². The minimum Gasteiger partial charge on any atom is -0.496 e. The van der Waals surface area contributed by atoms with Crippen molar-refractivity contribution in [3.05, 3.63) is 28.8 Å². The first kappa shape index (κ1) is 15.6. The number of benzene rings is 1.